The number of rotatable bonds is 7. The Bertz CT molecular complexity index is 671. The van der Waals surface area contributed by atoms with E-state index in [2.05, 4.69) is 40.6 Å². The lowest BCUT2D eigenvalue weighted by molar-refractivity contribution is 0.492. The van der Waals surface area contributed by atoms with E-state index in [4.69, 9.17) is 4.42 Å². The van der Waals surface area contributed by atoms with E-state index >= 15 is 0 Å². The first-order chi connectivity index (χ1) is 10.4. The molecule has 2 heterocycles. The maximum Gasteiger partial charge on any atom is 0.257 e. The highest BCUT2D eigenvalue weighted by atomic mass is 32.1. The molecule has 110 valence electrons. The van der Waals surface area contributed by atoms with Gasteiger partial charge in [0.2, 0.25) is 5.89 Å². The molecule has 0 atom stereocenters. The Morgan fingerprint density at radius 1 is 1.19 bits per heavy atom. The van der Waals surface area contributed by atoms with Crippen LogP contribution >= 0.6 is 11.3 Å². The number of nitrogens with one attached hydrogen (secondary N) is 1. The monoisotopic (exact) mass is 301 g/mol. The number of aromatic nitrogens is 2. The van der Waals surface area contributed by atoms with Crippen molar-refractivity contribution in [2.75, 3.05) is 13.1 Å². The molecule has 0 saturated carbocycles. The molecule has 0 aliphatic carbocycles. The van der Waals surface area contributed by atoms with Crippen LogP contribution in [0.3, 0.4) is 0 Å². The first-order valence-electron chi connectivity index (χ1n) is 7.39. The Hall–Kier alpha value is -1.72. The van der Waals surface area contributed by atoms with Crippen LogP contribution in [0, 0.1) is 0 Å². The van der Waals surface area contributed by atoms with Crippen molar-refractivity contribution >= 4 is 21.4 Å². The molecule has 0 aliphatic rings. The van der Waals surface area contributed by atoms with Crippen LogP contribution in [0.25, 0.3) is 20.9 Å². The van der Waals surface area contributed by atoms with Gasteiger partial charge in [-0.15, -0.1) is 21.5 Å². The van der Waals surface area contributed by atoms with Gasteiger partial charge in [0.05, 0.1) is 4.88 Å². The van der Waals surface area contributed by atoms with E-state index in [1.165, 1.54) is 10.1 Å². The summed E-state index contributed by atoms with van der Waals surface area (Å²) < 4.78 is 7.01. The Morgan fingerprint density at radius 2 is 2.10 bits per heavy atom. The predicted octanol–water partition coefficient (Wildman–Crippen LogP) is 3.88. The Balaban J connectivity index is 1.64. The lowest BCUT2D eigenvalue weighted by Crippen LogP contribution is -2.16. The molecular weight excluding hydrogens is 282 g/mol. The summed E-state index contributed by atoms with van der Waals surface area (Å²) in [5.41, 5.74) is 0. The number of nitrogens with zero attached hydrogens (tertiary/aromatic N) is 2. The fourth-order valence-corrected chi connectivity index (χ4v) is 3.19. The van der Waals surface area contributed by atoms with Crippen molar-refractivity contribution < 1.29 is 4.42 Å². The minimum atomic E-state index is 0.632. The molecule has 3 aromatic rings. The third-order valence-electron chi connectivity index (χ3n) is 3.27. The van der Waals surface area contributed by atoms with Gasteiger partial charge in [-0.3, -0.25) is 0 Å². The number of hydrogen-bond donors (Lipinski definition) is 1. The molecule has 0 amide bonds. The van der Waals surface area contributed by atoms with Crippen molar-refractivity contribution in [1.82, 2.24) is 15.5 Å². The predicted molar refractivity (Wildman–Crippen MR) is 86.6 cm³/mol. The molecule has 1 aromatic carbocycles. The summed E-state index contributed by atoms with van der Waals surface area (Å²) in [4.78, 5) is 1.04. The van der Waals surface area contributed by atoms with Crippen LogP contribution in [0.15, 0.2) is 34.7 Å². The Labute approximate surface area is 128 Å². The largest absolute Gasteiger partial charge is 0.420 e. The molecule has 21 heavy (non-hydrogen) atoms. The van der Waals surface area contributed by atoms with Gasteiger partial charge in [0.25, 0.3) is 5.89 Å². The SMILES string of the molecule is CCCNCCCc1nnc(-c2cc3ccccc3s2)o1. The average Bonchev–Trinajstić information content (AvgIpc) is 3.13. The Morgan fingerprint density at radius 3 is 2.95 bits per heavy atom. The molecular formula is C16H19N3OS. The number of hydrogen-bond acceptors (Lipinski definition) is 5. The van der Waals surface area contributed by atoms with E-state index < -0.39 is 0 Å². The van der Waals surface area contributed by atoms with E-state index in [0.717, 1.165) is 43.1 Å². The standard InChI is InChI=1S/C16H19N3OS/c1-2-9-17-10-5-8-15-18-19-16(20-15)14-11-12-6-3-4-7-13(12)21-14/h3-4,6-7,11,17H,2,5,8-10H2,1H3. The van der Waals surface area contributed by atoms with Crippen molar-refractivity contribution in [2.24, 2.45) is 0 Å². The van der Waals surface area contributed by atoms with Crippen LogP contribution < -0.4 is 5.32 Å². The number of aryl methyl sites for hydroxylation is 1. The summed E-state index contributed by atoms with van der Waals surface area (Å²) >= 11 is 1.69. The van der Waals surface area contributed by atoms with E-state index in [9.17, 15) is 0 Å². The van der Waals surface area contributed by atoms with Crippen molar-refractivity contribution in [3.05, 3.63) is 36.2 Å². The van der Waals surface area contributed by atoms with Crippen LogP contribution in [0.1, 0.15) is 25.7 Å². The summed E-state index contributed by atoms with van der Waals surface area (Å²) in [7, 11) is 0. The van der Waals surface area contributed by atoms with Crippen molar-refractivity contribution in [1.29, 1.82) is 0 Å². The molecule has 0 saturated heterocycles. The maximum absolute atomic E-state index is 5.77. The van der Waals surface area contributed by atoms with Gasteiger partial charge in [0, 0.05) is 11.1 Å². The second kappa shape index (κ2) is 6.83. The minimum Gasteiger partial charge on any atom is -0.420 e. The average molecular weight is 301 g/mol. The summed E-state index contributed by atoms with van der Waals surface area (Å²) in [6.07, 6.45) is 3.01. The van der Waals surface area contributed by atoms with Gasteiger partial charge in [-0.05, 0) is 43.5 Å². The lowest BCUT2D eigenvalue weighted by Gasteiger charge is -1.99. The second-order valence-corrected chi connectivity index (χ2v) is 6.09. The number of benzene rings is 1. The third-order valence-corrected chi connectivity index (χ3v) is 4.38. The van der Waals surface area contributed by atoms with Crippen molar-refractivity contribution in [3.8, 4) is 10.8 Å². The third kappa shape index (κ3) is 3.49. The summed E-state index contributed by atoms with van der Waals surface area (Å²) in [5, 5.41) is 12.9. The Kier molecular flexibility index (Phi) is 4.62. The maximum atomic E-state index is 5.77. The van der Waals surface area contributed by atoms with E-state index in [1.54, 1.807) is 11.3 Å². The molecule has 0 fully saturated rings. The molecule has 0 radical (unpaired) electrons. The summed E-state index contributed by atoms with van der Waals surface area (Å²) in [6.45, 7) is 4.23. The van der Waals surface area contributed by atoms with Gasteiger partial charge in [0.1, 0.15) is 0 Å². The minimum absolute atomic E-state index is 0.632. The van der Waals surface area contributed by atoms with Gasteiger partial charge in [0.15, 0.2) is 0 Å². The number of thiophene rings is 1. The van der Waals surface area contributed by atoms with Crippen LogP contribution in [-0.2, 0) is 6.42 Å². The molecule has 1 N–H and O–H groups in total. The smallest absolute Gasteiger partial charge is 0.257 e. The van der Waals surface area contributed by atoms with E-state index in [-0.39, 0.29) is 0 Å². The van der Waals surface area contributed by atoms with Crippen molar-refractivity contribution in [2.45, 2.75) is 26.2 Å². The van der Waals surface area contributed by atoms with Crippen LogP contribution in [0.4, 0.5) is 0 Å². The molecule has 5 heteroatoms. The zero-order valence-corrected chi connectivity index (χ0v) is 12.9. The van der Waals surface area contributed by atoms with Crippen LogP contribution in [0.2, 0.25) is 0 Å². The van der Waals surface area contributed by atoms with Gasteiger partial charge in [-0.25, -0.2) is 0 Å². The van der Waals surface area contributed by atoms with Gasteiger partial charge >= 0.3 is 0 Å². The number of fused-ring (bicyclic) bond motifs is 1. The molecule has 3 rings (SSSR count). The van der Waals surface area contributed by atoms with Crippen LogP contribution in [0.5, 0.6) is 0 Å². The van der Waals surface area contributed by atoms with Gasteiger partial charge in [-0.2, -0.15) is 0 Å². The first kappa shape index (κ1) is 14.2. The highest BCUT2D eigenvalue weighted by Gasteiger charge is 2.11. The second-order valence-electron chi connectivity index (χ2n) is 5.00. The topological polar surface area (TPSA) is 51.0 Å². The van der Waals surface area contributed by atoms with Gasteiger partial charge < -0.3 is 9.73 Å². The highest BCUT2D eigenvalue weighted by Crippen LogP contribution is 2.32. The molecule has 0 spiro atoms. The first-order valence-corrected chi connectivity index (χ1v) is 8.20. The summed E-state index contributed by atoms with van der Waals surface area (Å²) in [5.74, 6) is 1.36. The molecule has 0 bridgehead atoms. The fraction of sp³-hybridized carbons (Fsp3) is 0.375. The quantitative estimate of drug-likeness (QED) is 0.673. The zero-order chi connectivity index (χ0) is 14.5. The molecule has 4 nitrogen and oxygen atoms in total. The zero-order valence-electron chi connectivity index (χ0n) is 12.1. The molecule has 0 aliphatic heterocycles. The van der Waals surface area contributed by atoms with Crippen LogP contribution in [-0.4, -0.2) is 23.3 Å². The van der Waals surface area contributed by atoms with Crippen molar-refractivity contribution in [3.63, 3.8) is 0 Å². The lowest BCUT2D eigenvalue weighted by atomic mass is 10.2. The van der Waals surface area contributed by atoms with Gasteiger partial charge in [-0.1, -0.05) is 25.1 Å². The fourth-order valence-electron chi connectivity index (χ4n) is 2.21. The molecule has 0 unspecified atom stereocenters. The summed E-state index contributed by atoms with van der Waals surface area (Å²) in [6, 6.07) is 10.4. The highest BCUT2D eigenvalue weighted by molar-refractivity contribution is 7.22. The molecule has 2 aromatic heterocycles. The van der Waals surface area contributed by atoms with E-state index in [0.29, 0.717) is 5.89 Å². The normalized spacial score (nSPS) is 11.3. The van der Waals surface area contributed by atoms with E-state index in [1.807, 2.05) is 12.1 Å².